The molecule has 2 aliphatic carbocycles. The van der Waals surface area contributed by atoms with Gasteiger partial charge in [-0.05, 0) is 36.7 Å². The smallest absolute Gasteiger partial charge is 0.304 e. The summed E-state index contributed by atoms with van der Waals surface area (Å²) in [5.41, 5.74) is -0.517. The van der Waals surface area contributed by atoms with E-state index in [2.05, 4.69) is 6.92 Å². The highest BCUT2D eigenvalue weighted by atomic mass is 35.5. The number of fused-ring (bicyclic) bond motifs is 1. The number of hydrogen-bond donors (Lipinski definition) is 1. The zero-order chi connectivity index (χ0) is 19.5. The van der Waals surface area contributed by atoms with Crippen molar-refractivity contribution in [1.29, 1.82) is 0 Å². The van der Waals surface area contributed by atoms with Gasteiger partial charge in [-0.2, -0.15) is 12.7 Å². The molecule has 3 aliphatic rings. The number of hydrogen-bond acceptors (Lipinski definition) is 4. The van der Waals surface area contributed by atoms with E-state index in [-0.39, 0.29) is 30.0 Å². The number of nitrogens with one attached hydrogen (secondary N) is 1. The highest BCUT2D eigenvalue weighted by molar-refractivity contribution is 7.87. The lowest BCUT2D eigenvalue weighted by atomic mass is 10.1. The maximum absolute atomic E-state index is 14.4. The summed E-state index contributed by atoms with van der Waals surface area (Å²) in [4.78, 5) is 12.1. The van der Waals surface area contributed by atoms with E-state index in [1.807, 2.05) is 0 Å². The van der Waals surface area contributed by atoms with E-state index < -0.39 is 33.7 Å². The number of ether oxygens (including phenoxy) is 1. The van der Waals surface area contributed by atoms with E-state index in [0.29, 0.717) is 17.8 Å². The maximum atomic E-state index is 14.4. The molecule has 1 N–H and O–H groups in total. The molecule has 2 atom stereocenters. The molecule has 1 amide bonds. The van der Waals surface area contributed by atoms with Crippen LogP contribution < -0.4 is 9.46 Å². The molecule has 0 bridgehead atoms. The van der Waals surface area contributed by atoms with Gasteiger partial charge in [0.2, 0.25) is 0 Å². The Morgan fingerprint density at radius 1 is 1.30 bits per heavy atom. The van der Waals surface area contributed by atoms with Crippen LogP contribution in [0, 0.1) is 23.6 Å². The number of nitrogens with zero attached hydrogens (tertiary/aromatic N) is 1. The van der Waals surface area contributed by atoms with Crippen LogP contribution in [0.15, 0.2) is 12.1 Å². The second kappa shape index (κ2) is 6.56. The van der Waals surface area contributed by atoms with E-state index in [1.165, 1.54) is 0 Å². The summed E-state index contributed by atoms with van der Waals surface area (Å²) in [5.74, 6) is 0.0445. The van der Waals surface area contributed by atoms with Crippen LogP contribution in [0.5, 0.6) is 5.75 Å². The molecule has 1 aromatic carbocycles. The minimum absolute atomic E-state index is 0.0281. The molecule has 2 unspecified atom stereocenters. The first-order chi connectivity index (χ1) is 12.7. The van der Waals surface area contributed by atoms with Crippen molar-refractivity contribution in [1.82, 2.24) is 9.03 Å². The Labute approximate surface area is 161 Å². The highest BCUT2D eigenvalue weighted by Gasteiger charge is 2.54. The molecule has 0 radical (unpaired) electrons. The van der Waals surface area contributed by atoms with E-state index >= 15 is 0 Å². The third kappa shape index (κ3) is 3.52. The van der Waals surface area contributed by atoms with Crippen molar-refractivity contribution in [2.45, 2.75) is 32.0 Å². The number of rotatable bonds is 5. The minimum Gasteiger partial charge on any atom is -0.489 e. The van der Waals surface area contributed by atoms with Crippen molar-refractivity contribution >= 4 is 27.7 Å². The van der Waals surface area contributed by atoms with Crippen LogP contribution in [-0.2, 0) is 10.2 Å². The Hall–Kier alpha value is -1.45. The predicted octanol–water partition coefficient (Wildman–Crippen LogP) is 2.53. The average Bonchev–Trinajstić information content (AvgIpc) is 2.96. The molecule has 6 nitrogen and oxygen atoms in total. The molecule has 10 heteroatoms. The van der Waals surface area contributed by atoms with Crippen LogP contribution in [-0.4, -0.2) is 44.0 Å². The average molecular weight is 421 g/mol. The van der Waals surface area contributed by atoms with Gasteiger partial charge in [-0.1, -0.05) is 18.5 Å². The van der Waals surface area contributed by atoms with Crippen LogP contribution in [0.25, 0.3) is 0 Å². The topological polar surface area (TPSA) is 75.7 Å². The molecule has 27 heavy (non-hydrogen) atoms. The second-order valence-electron chi connectivity index (χ2n) is 7.51. The zero-order valence-corrected chi connectivity index (χ0v) is 16.1. The Kier molecular flexibility index (Phi) is 4.59. The van der Waals surface area contributed by atoms with Crippen LogP contribution in [0.1, 0.15) is 30.1 Å². The molecule has 1 saturated heterocycles. The molecule has 1 heterocycles. The Morgan fingerprint density at radius 3 is 2.52 bits per heavy atom. The van der Waals surface area contributed by atoms with Crippen LogP contribution in [0.2, 0.25) is 5.02 Å². The SMILES string of the molecule is CC1C2CC(Oc3cc(F)c(C(=O)NS(=O)(=O)N4CC(F)C4)cc3Cl)CC12. The summed E-state index contributed by atoms with van der Waals surface area (Å²) in [6.07, 6.45) is 0.503. The lowest BCUT2D eigenvalue weighted by Gasteiger charge is -2.32. The molecule has 0 aromatic heterocycles. The van der Waals surface area contributed by atoms with E-state index in [9.17, 15) is 22.0 Å². The Balaban J connectivity index is 1.44. The van der Waals surface area contributed by atoms with Gasteiger partial charge in [0, 0.05) is 19.2 Å². The van der Waals surface area contributed by atoms with Crippen LogP contribution in [0.3, 0.4) is 0 Å². The van der Waals surface area contributed by atoms with Gasteiger partial charge in [0.15, 0.2) is 0 Å². The van der Waals surface area contributed by atoms with Gasteiger partial charge in [-0.3, -0.25) is 4.79 Å². The minimum atomic E-state index is -4.22. The molecule has 3 fully saturated rings. The van der Waals surface area contributed by atoms with Gasteiger partial charge in [-0.25, -0.2) is 13.5 Å². The second-order valence-corrected chi connectivity index (χ2v) is 9.59. The molecule has 148 valence electrons. The van der Waals surface area contributed by atoms with Crippen LogP contribution in [0.4, 0.5) is 8.78 Å². The fraction of sp³-hybridized carbons (Fsp3) is 0.588. The van der Waals surface area contributed by atoms with Gasteiger partial charge >= 0.3 is 10.2 Å². The van der Waals surface area contributed by atoms with Crippen molar-refractivity contribution in [3.05, 3.63) is 28.5 Å². The Bertz CT molecular complexity index is 879. The van der Waals surface area contributed by atoms with Crippen molar-refractivity contribution < 1.29 is 26.7 Å². The quantitative estimate of drug-likeness (QED) is 0.794. The first-order valence-electron chi connectivity index (χ1n) is 8.77. The first kappa shape index (κ1) is 18.9. The number of amides is 1. The van der Waals surface area contributed by atoms with Gasteiger partial charge in [0.1, 0.15) is 17.7 Å². The van der Waals surface area contributed by atoms with Crippen molar-refractivity contribution in [3.8, 4) is 5.75 Å². The van der Waals surface area contributed by atoms with Crippen LogP contribution >= 0.6 is 11.6 Å². The van der Waals surface area contributed by atoms with Gasteiger partial charge in [0.25, 0.3) is 5.91 Å². The van der Waals surface area contributed by atoms with Gasteiger partial charge < -0.3 is 4.74 Å². The van der Waals surface area contributed by atoms with E-state index in [0.717, 1.165) is 29.3 Å². The molecule has 1 aliphatic heterocycles. The predicted molar refractivity (Wildman–Crippen MR) is 94.1 cm³/mol. The molecule has 2 saturated carbocycles. The summed E-state index contributed by atoms with van der Waals surface area (Å²) < 4.78 is 59.3. The number of carbonyl (C=O) groups is 1. The fourth-order valence-corrected chi connectivity index (χ4v) is 5.41. The third-order valence-corrected chi connectivity index (χ3v) is 7.47. The number of carbonyl (C=O) groups excluding carboxylic acids is 1. The number of halogens is 3. The normalized spacial score (nSPS) is 30.5. The number of benzene rings is 1. The summed E-state index contributed by atoms with van der Waals surface area (Å²) in [7, 11) is -4.22. The lowest BCUT2D eigenvalue weighted by molar-refractivity contribution is 0.0964. The molecular weight excluding hydrogens is 402 g/mol. The standard InChI is InChI=1S/C17H19ClF2N2O4S/c1-8-11-2-10(3-12(8)11)26-16-5-15(20)13(4-14(16)18)17(23)21-27(24,25)22-6-9(19)7-22/h4-5,8-12H,2-3,6-7H2,1H3,(H,21,23). The van der Waals surface area contributed by atoms with Gasteiger partial charge in [0.05, 0.1) is 16.7 Å². The molecule has 1 aromatic rings. The fourth-order valence-electron chi connectivity index (χ4n) is 4.01. The third-order valence-electron chi connectivity index (χ3n) is 5.75. The molecule has 4 rings (SSSR count). The molecular formula is C17H19ClF2N2O4S. The van der Waals surface area contributed by atoms with Crippen molar-refractivity contribution in [2.75, 3.05) is 13.1 Å². The van der Waals surface area contributed by atoms with E-state index in [4.69, 9.17) is 16.3 Å². The summed E-state index contributed by atoms with van der Waals surface area (Å²) in [5, 5.41) is 0.0281. The monoisotopic (exact) mass is 420 g/mol. The molecule has 0 spiro atoms. The van der Waals surface area contributed by atoms with Crippen molar-refractivity contribution in [2.24, 2.45) is 17.8 Å². The Morgan fingerprint density at radius 2 is 1.93 bits per heavy atom. The van der Waals surface area contributed by atoms with E-state index in [1.54, 1.807) is 4.72 Å². The first-order valence-corrected chi connectivity index (χ1v) is 10.6. The van der Waals surface area contributed by atoms with Gasteiger partial charge in [-0.15, -0.1) is 0 Å². The highest BCUT2D eigenvalue weighted by Crippen LogP contribution is 2.57. The number of alkyl halides is 1. The zero-order valence-electron chi connectivity index (χ0n) is 14.5. The summed E-state index contributed by atoms with van der Waals surface area (Å²) in [6, 6.07) is 2.04. The summed E-state index contributed by atoms with van der Waals surface area (Å²) >= 11 is 6.11. The maximum Gasteiger partial charge on any atom is 0.304 e. The lowest BCUT2D eigenvalue weighted by Crippen LogP contribution is -2.56. The van der Waals surface area contributed by atoms with Crippen molar-refractivity contribution in [3.63, 3.8) is 0 Å². The largest absolute Gasteiger partial charge is 0.489 e. The summed E-state index contributed by atoms with van der Waals surface area (Å²) in [6.45, 7) is 1.54.